The van der Waals surface area contributed by atoms with Gasteiger partial charge in [0.25, 0.3) is 0 Å². The molecule has 162 valence electrons. The van der Waals surface area contributed by atoms with E-state index in [4.69, 9.17) is 14.2 Å². The van der Waals surface area contributed by atoms with E-state index in [2.05, 4.69) is 5.32 Å². The van der Waals surface area contributed by atoms with E-state index in [1.165, 1.54) is 18.1 Å². The molecule has 0 saturated carbocycles. The summed E-state index contributed by atoms with van der Waals surface area (Å²) in [5, 5.41) is 3.04. The fourth-order valence-electron chi connectivity index (χ4n) is 4.33. The van der Waals surface area contributed by atoms with Gasteiger partial charge in [-0.15, -0.1) is 0 Å². The van der Waals surface area contributed by atoms with Crippen LogP contribution in [0.4, 0.5) is 4.39 Å². The first kappa shape index (κ1) is 22.1. The van der Waals surface area contributed by atoms with Gasteiger partial charge in [-0.05, 0) is 30.7 Å². The normalized spacial score (nSPS) is 19.0. The number of fused-ring (bicyclic) bond motifs is 1. The van der Waals surface area contributed by atoms with Crippen LogP contribution in [0.15, 0.2) is 36.4 Å². The largest absolute Gasteiger partial charge is 0.493 e. The van der Waals surface area contributed by atoms with Gasteiger partial charge in [0.2, 0.25) is 5.91 Å². The molecule has 0 radical (unpaired) electrons. The zero-order valence-electron chi connectivity index (χ0n) is 18.0. The molecule has 3 atom stereocenters. The first-order chi connectivity index (χ1) is 14.5. The lowest BCUT2D eigenvalue weighted by molar-refractivity contribution is -0.948. The van der Waals surface area contributed by atoms with Crippen LogP contribution in [0, 0.1) is 5.82 Å². The van der Waals surface area contributed by atoms with Crippen molar-refractivity contribution in [3.8, 4) is 11.5 Å². The molecule has 2 aromatic rings. The van der Waals surface area contributed by atoms with E-state index in [9.17, 15) is 9.18 Å². The Morgan fingerprint density at radius 2 is 1.90 bits per heavy atom. The van der Waals surface area contributed by atoms with Gasteiger partial charge < -0.3 is 24.4 Å². The van der Waals surface area contributed by atoms with E-state index in [1.807, 2.05) is 31.2 Å². The third kappa shape index (κ3) is 4.74. The third-order valence-corrected chi connectivity index (χ3v) is 5.68. The molecular weight excluding hydrogens is 387 g/mol. The highest BCUT2D eigenvalue weighted by atomic mass is 19.1. The van der Waals surface area contributed by atoms with Crippen molar-refractivity contribution in [3.05, 3.63) is 58.9 Å². The molecule has 1 aliphatic heterocycles. The Morgan fingerprint density at radius 1 is 1.20 bits per heavy atom. The van der Waals surface area contributed by atoms with Crippen molar-refractivity contribution < 1.29 is 28.3 Å². The van der Waals surface area contributed by atoms with Crippen molar-refractivity contribution in [1.82, 2.24) is 5.32 Å². The number of methoxy groups -OCH3 is 3. The van der Waals surface area contributed by atoms with E-state index < -0.39 is 0 Å². The Morgan fingerprint density at radius 3 is 2.57 bits per heavy atom. The van der Waals surface area contributed by atoms with Crippen LogP contribution in [0.5, 0.6) is 11.5 Å². The van der Waals surface area contributed by atoms with Crippen LogP contribution in [0.1, 0.15) is 29.7 Å². The second-order valence-corrected chi connectivity index (χ2v) is 7.60. The molecule has 2 aromatic carbocycles. The quantitative estimate of drug-likeness (QED) is 0.686. The van der Waals surface area contributed by atoms with E-state index in [0.29, 0.717) is 23.6 Å². The third-order valence-electron chi connectivity index (χ3n) is 5.68. The molecule has 7 heteroatoms. The van der Waals surface area contributed by atoms with Gasteiger partial charge >= 0.3 is 0 Å². The molecule has 0 saturated heterocycles. The molecule has 0 aromatic heterocycles. The molecule has 0 bridgehead atoms. The monoisotopic (exact) mass is 417 g/mol. The van der Waals surface area contributed by atoms with Gasteiger partial charge in [0.05, 0.1) is 26.8 Å². The summed E-state index contributed by atoms with van der Waals surface area (Å²) in [7, 11) is 4.72. The SMILES string of the molecule is COCC(=O)N[C@@H](C)[C@@H]1c2cc(OC)c(OC)cc2CC[NH+]1Cc1ccccc1F. The summed E-state index contributed by atoms with van der Waals surface area (Å²) < 4.78 is 30.3. The number of carbonyl (C=O) groups excluding carboxylic acids is 1. The lowest BCUT2D eigenvalue weighted by Gasteiger charge is -2.38. The number of hydrogen-bond acceptors (Lipinski definition) is 4. The second-order valence-electron chi connectivity index (χ2n) is 7.60. The molecular formula is C23H30FN2O4+. The Labute approximate surface area is 176 Å². The molecule has 0 aliphatic carbocycles. The van der Waals surface area contributed by atoms with Gasteiger partial charge in [-0.1, -0.05) is 18.2 Å². The molecule has 1 aliphatic rings. The topological polar surface area (TPSA) is 61.2 Å². The van der Waals surface area contributed by atoms with Crippen LogP contribution < -0.4 is 19.7 Å². The van der Waals surface area contributed by atoms with Crippen LogP contribution in [0.2, 0.25) is 0 Å². The maximum atomic E-state index is 14.4. The van der Waals surface area contributed by atoms with Gasteiger partial charge in [-0.3, -0.25) is 4.79 Å². The number of benzene rings is 2. The zero-order valence-corrected chi connectivity index (χ0v) is 18.0. The molecule has 6 nitrogen and oxygen atoms in total. The molecule has 30 heavy (non-hydrogen) atoms. The van der Waals surface area contributed by atoms with E-state index in [-0.39, 0.29) is 30.4 Å². The highest BCUT2D eigenvalue weighted by molar-refractivity contribution is 5.77. The Kier molecular flexibility index (Phi) is 7.29. The van der Waals surface area contributed by atoms with E-state index >= 15 is 0 Å². The van der Waals surface area contributed by atoms with Crippen molar-refractivity contribution in [2.45, 2.75) is 32.0 Å². The Bertz CT molecular complexity index is 890. The number of nitrogens with one attached hydrogen (secondary N) is 2. The summed E-state index contributed by atoms with van der Waals surface area (Å²) in [6.45, 7) is 3.31. The standard InChI is InChI=1S/C23H29FN2O4/c1-15(25-22(27)14-28-2)23-18-12-21(30-4)20(29-3)11-16(18)9-10-26(23)13-17-7-5-6-8-19(17)24/h5-8,11-12,15,23H,9-10,13-14H2,1-4H3,(H,25,27)/p+1/t15-,23+/m0/s1. The lowest BCUT2D eigenvalue weighted by atomic mass is 9.87. The Balaban J connectivity index is 1.99. The van der Waals surface area contributed by atoms with Crippen molar-refractivity contribution in [3.63, 3.8) is 0 Å². The van der Waals surface area contributed by atoms with Crippen molar-refractivity contribution in [1.29, 1.82) is 0 Å². The summed E-state index contributed by atoms with van der Waals surface area (Å²) >= 11 is 0. The number of hydrogen-bond donors (Lipinski definition) is 2. The minimum Gasteiger partial charge on any atom is -0.493 e. The second kappa shape index (κ2) is 9.91. The van der Waals surface area contributed by atoms with Gasteiger partial charge in [0.1, 0.15) is 25.0 Å². The average Bonchev–Trinajstić information content (AvgIpc) is 2.74. The van der Waals surface area contributed by atoms with Crippen LogP contribution in [-0.4, -0.2) is 46.4 Å². The number of rotatable bonds is 8. The number of carbonyl (C=O) groups is 1. The van der Waals surface area contributed by atoms with Crippen LogP contribution >= 0.6 is 0 Å². The van der Waals surface area contributed by atoms with Crippen LogP contribution in [-0.2, 0) is 22.5 Å². The van der Waals surface area contributed by atoms with Crippen LogP contribution in [0.25, 0.3) is 0 Å². The number of quaternary nitrogens is 1. The molecule has 1 heterocycles. The number of halogens is 1. The molecule has 1 amide bonds. The van der Waals surface area contributed by atoms with Crippen molar-refractivity contribution in [2.75, 3.05) is 34.5 Å². The summed E-state index contributed by atoms with van der Waals surface area (Å²) in [5.74, 6) is 0.938. The first-order valence-corrected chi connectivity index (χ1v) is 10.1. The average molecular weight is 418 g/mol. The summed E-state index contributed by atoms with van der Waals surface area (Å²) in [4.78, 5) is 13.4. The molecule has 0 fully saturated rings. The highest BCUT2D eigenvalue weighted by Gasteiger charge is 2.37. The minimum atomic E-state index is -0.210. The smallest absolute Gasteiger partial charge is 0.246 e. The van der Waals surface area contributed by atoms with Gasteiger partial charge in [0.15, 0.2) is 11.5 Å². The summed E-state index contributed by atoms with van der Waals surface area (Å²) in [6, 6.07) is 10.6. The molecule has 0 spiro atoms. The lowest BCUT2D eigenvalue weighted by Crippen LogP contribution is -3.13. The minimum absolute atomic E-state index is 0.00149. The zero-order chi connectivity index (χ0) is 21.7. The predicted molar refractivity (Wildman–Crippen MR) is 111 cm³/mol. The fraction of sp³-hybridized carbons (Fsp3) is 0.435. The summed E-state index contributed by atoms with van der Waals surface area (Å²) in [6.07, 6.45) is 0.828. The summed E-state index contributed by atoms with van der Waals surface area (Å²) in [5.41, 5.74) is 2.90. The first-order valence-electron chi connectivity index (χ1n) is 10.1. The van der Waals surface area contributed by atoms with Crippen molar-refractivity contribution >= 4 is 5.91 Å². The molecule has 2 N–H and O–H groups in total. The van der Waals surface area contributed by atoms with Crippen molar-refractivity contribution in [2.24, 2.45) is 0 Å². The van der Waals surface area contributed by atoms with Crippen LogP contribution in [0.3, 0.4) is 0 Å². The number of ether oxygens (including phenoxy) is 3. The highest BCUT2D eigenvalue weighted by Crippen LogP contribution is 2.35. The molecule has 3 rings (SSSR count). The fourth-order valence-corrected chi connectivity index (χ4v) is 4.33. The van der Waals surface area contributed by atoms with Gasteiger partial charge in [0, 0.05) is 24.7 Å². The maximum Gasteiger partial charge on any atom is 0.246 e. The van der Waals surface area contributed by atoms with Gasteiger partial charge in [-0.2, -0.15) is 0 Å². The van der Waals surface area contributed by atoms with E-state index in [1.54, 1.807) is 20.3 Å². The maximum absolute atomic E-state index is 14.4. The number of amides is 1. The van der Waals surface area contributed by atoms with E-state index in [0.717, 1.165) is 24.1 Å². The molecule has 1 unspecified atom stereocenters. The van der Waals surface area contributed by atoms with Gasteiger partial charge in [-0.25, -0.2) is 4.39 Å². The Hall–Kier alpha value is -2.64. The predicted octanol–water partition coefficient (Wildman–Crippen LogP) is 1.68.